The molecule has 10 nitrogen and oxygen atoms in total. The fourth-order valence-electron chi connectivity index (χ4n) is 5.88. The molecule has 0 aliphatic carbocycles. The third-order valence-electron chi connectivity index (χ3n) is 9.12. The maximum atomic E-state index is 12.7. The monoisotopic (exact) mass is 713 g/mol. The zero-order valence-corrected chi connectivity index (χ0v) is 31.4. The summed E-state index contributed by atoms with van der Waals surface area (Å²) in [6.07, 6.45) is 24.7. The molecule has 0 aromatic heterocycles. The number of allylic oxidation sites excluding steroid dienone is 4. The van der Waals surface area contributed by atoms with Crippen LogP contribution in [0.1, 0.15) is 162 Å². The molecule has 1 rings (SSSR count). The lowest BCUT2D eigenvalue weighted by Gasteiger charge is -2.39. The van der Waals surface area contributed by atoms with Crippen LogP contribution in [-0.2, 0) is 28.5 Å². The second-order valence-electron chi connectivity index (χ2n) is 13.8. The second-order valence-corrected chi connectivity index (χ2v) is 13.8. The number of carbonyl (C=O) groups excluding carboxylic acids is 2. The van der Waals surface area contributed by atoms with Crippen LogP contribution in [0.5, 0.6) is 0 Å². The van der Waals surface area contributed by atoms with Crippen LogP contribution in [0.2, 0.25) is 0 Å². The second kappa shape index (κ2) is 31.9. The normalized spacial score (nSPS) is 21.6. The third kappa shape index (κ3) is 23.6. The van der Waals surface area contributed by atoms with Gasteiger partial charge in [-0.25, -0.2) is 0 Å². The van der Waals surface area contributed by atoms with Crippen molar-refractivity contribution in [3.8, 4) is 0 Å². The first-order valence-corrected chi connectivity index (χ1v) is 19.9. The first kappa shape index (κ1) is 46.2. The number of ether oxygens (including phenoxy) is 4. The Morgan fingerprint density at radius 2 is 1.10 bits per heavy atom. The van der Waals surface area contributed by atoms with E-state index < -0.39 is 49.4 Å². The molecule has 2 unspecified atom stereocenters. The number of esters is 2. The van der Waals surface area contributed by atoms with E-state index in [9.17, 15) is 30.0 Å². The molecule has 0 spiro atoms. The van der Waals surface area contributed by atoms with Gasteiger partial charge < -0.3 is 39.4 Å². The number of unbranched alkanes of at least 4 members (excludes halogenated alkanes) is 18. The van der Waals surface area contributed by atoms with Gasteiger partial charge in [-0.1, -0.05) is 134 Å². The predicted octanol–water partition coefficient (Wildman–Crippen LogP) is 7.38. The van der Waals surface area contributed by atoms with Crippen molar-refractivity contribution in [3.63, 3.8) is 0 Å². The van der Waals surface area contributed by atoms with Gasteiger partial charge in [0.2, 0.25) is 0 Å². The lowest BCUT2D eigenvalue weighted by Crippen LogP contribution is -2.59. The Morgan fingerprint density at radius 3 is 1.64 bits per heavy atom. The topological polar surface area (TPSA) is 152 Å². The van der Waals surface area contributed by atoms with Crippen molar-refractivity contribution in [2.24, 2.45) is 0 Å². The minimum atomic E-state index is -1.59. The number of hydrogen-bond donors (Lipinski definition) is 4. The summed E-state index contributed by atoms with van der Waals surface area (Å²) in [5.74, 6) is -0.825. The number of hydrogen-bond acceptors (Lipinski definition) is 10. The maximum absolute atomic E-state index is 12.7. The molecule has 50 heavy (non-hydrogen) atoms. The summed E-state index contributed by atoms with van der Waals surface area (Å²) in [5.41, 5.74) is 0. The molecule has 0 radical (unpaired) electrons. The van der Waals surface area contributed by atoms with Crippen LogP contribution in [0, 0.1) is 0 Å². The highest BCUT2D eigenvalue weighted by atomic mass is 16.7. The molecule has 1 heterocycles. The van der Waals surface area contributed by atoms with Crippen LogP contribution in [0.15, 0.2) is 24.3 Å². The van der Waals surface area contributed by atoms with Crippen LogP contribution in [0.3, 0.4) is 0 Å². The van der Waals surface area contributed by atoms with Gasteiger partial charge in [0, 0.05) is 12.8 Å². The van der Waals surface area contributed by atoms with E-state index in [1.54, 1.807) is 0 Å². The number of aliphatic hydroxyl groups is 4. The fraction of sp³-hybridized carbons (Fsp3) is 0.850. The van der Waals surface area contributed by atoms with Gasteiger partial charge in [-0.3, -0.25) is 9.59 Å². The molecule has 1 aliphatic heterocycles. The smallest absolute Gasteiger partial charge is 0.306 e. The predicted molar refractivity (Wildman–Crippen MR) is 196 cm³/mol. The van der Waals surface area contributed by atoms with Gasteiger partial charge in [-0.05, 0) is 38.5 Å². The largest absolute Gasteiger partial charge is 0.462 e. The zero-order chi connectivity index (χ0) is 36.7. The fourth-order valence-corrected chi connectivity index (χ4v) is 5.88. The van der Waals surface area contributed by atoms with E-state index in [1.807, 2.05) is 0 Å². The first-order valence-electron chi connectivity index (χ1n) is 19.9. The van der Waals surface area contributed by atoms with Crippen LogP contribution in [-0.4, -0.2) is 89.0 Å². The van der Waals surface area contributed by atoms with Gasteiger partial charge >= 0.3 is 11.9 Å². The van der Waals surface area contributed by atoms with E-state index in [2.05, 4.69) is 38.2 Å². The van der Waals surface area contributed by atoms with Gasteiger partial charge in [0.1, 0.15) is 31.0 Å². The van der Waals surface area contributed by atoms with E-state index in [0.717, 1.165) is 57.8 Å². The molecule has 0 aromatic carbocycles. The van der Waals surface area contributed by atoms with Crippen LogP contribution in [0.25, 0.3) is 0 Å². The summed E-state index contributed by atoms with van der Waals surface area (Å²) in [6, 6.07) is 0. The van der Waals surface area contributed by atoms with Crippen molar-refractivity contribution in [2.45, 2.75) is 198 Å². The van der Waals surface area contributed by atoms with Crippen molar-refractivity contribution in [3.05, 3.63) is 24.3 Å². The van der Waals surface area contributed by atoms with Crippen LogP contribution >= 0.6 is 0 Å². The highest BCUT2D eigenvalue weighted by molar-refractivity contribution is 5.70. The van der Waals surface area contributed by atoms with E-state index >= 15 is 0 Å². The summed E-state index contributed by atoms with van der Waals surface area (Å²) in [7, 11) is 0. The summed E-state index contributed by atoms with van der Waals surface area (Å²) in [6.45, 7) is 3.36. The Labute approximate surface area is 303 Å². The van der Waals surface area contributed by atoms with Crippen molar-refractivity contribution in [1.29, 1.82) is 0 Å². The molecule has 4 N–H and O–H groups in total. The SMILES string of the molecule is CCCCCC/C=C/C=C/CCCCCCCC(=O)O[C@H](COC(=O)CCCCCCCCCCCC)CO[C@@H]1O[C@H](CO)[C@H](O)C(O)C1O. The summed E-state index contributed by atoms with van der Waals surface area (Å²) in [5, 5.41) is 39.9. The minimum Gasteiger partial charge on any atom is -0.462 e. The van der Waals surface area contributed by atoms with E-state index in [4.69, 9.17) is 18.9 Å². The molecule has 1 saturated heterocycles. The van der Waals surface area contributed by atoms with Gasteiger partial charge in [-0.2, -0.15) is 0 Å². The lowest BCUT2D eigenvalue weighted by molar-refractivity contribution is -0.305. The van der Waals surface area contributed by atoms with Gasteiger partial charge in [0.15, 0.2) is 12.4 Å². The molecule has 1 fully saturated rings. The van der Waals surface area contributed by atoms with Crippen LogP contribution in [0.4, 0.5) is 0 Å². The number of aliphatic hydroxyl groups excluding tert-OH is 4. The van der Waals surface area contributed by atoms with Crippen molar-refractivity contribution in [2.75, 3.05) is 19.8 Å². The molecular formula is C40H72O10. The highest BCUT2D eigenvalue weighted by Gasteiger charge is 2.44. The molecular weight excluding hydrogens is 640 g/mol. The molecule has 10 heteroatoms. The number of carbonyl (C=O) groups is 2. The van der Waals surface area contributed by atoms with Crippen molar-refractivity contribution < 1.29 is 49.0 Å². The molecule has 292 valence electrons. The van der Waals surface area contributed by atoms with E-state index in [-0.39, 0.29) is 32.0 Å². The first-order chi connectivity index (χ1) is 24.3. The van der Waals surface area contributed by atoms with E-state index in [0.29, 0.717) is 6.42 Å². The Kier molecular flexibility index (Phi) is 29.5. The third-order valence-corrected chi connectivity index (χ3v) is 9.12. The van der Waals surface area contributed by atoms with Crippen molar-refractivity contribution in [1.82, 2.24) is 0 Å². The summed E-state index contributed by atoms with van der Waals surface area (Å²) < 4.78 is 22.0. The molecule has 0 aromatic rings. The minimum absolute atomic E-state index is 0.214. The molecule has 6 atom stereocenters. The summed E-state index contributed by atoms with van der Waals surface area (Å²) in [4.78, 5) is 25.1. The Morgan fingerprint density at radius 1 is 0.620 bits per heavy atom. The Balaban J connectivity index is 2.40. The Bertz CT molecular complexity index is 876. The standard InChI is InChI=1S/C40H72O10/c1-3-5-7-9-11-13-15-16-17-18-19-21-23-25-27-29-36(43)49-33(32-48-40-39(46)38(45)37(44)34(30-41)50-40)31-47-35(42)28-26-24-22-20-14-12-10-8-6-4-2/h13,15-17,33-34,37-41,44-46H,3-12,14,18-32H2,1-2H3/b15-13+,17-16+/t33-,34-,37+,38?,39?,40-/m1/s1. The maximum Gasteiger partial charge on any atom is 0.306 e. The van der Waals surface area contributed by atoms with Crippen LogP contribution < -0.4 is 0 Å². The molecule has 1 aliphatic rings. The Hall–Kier alpha value is -1.82. The number of rotatable bonds is 32. The summed E-state index contributed by atoms with van der Waals surface area (Å²) >= 11 is 0. The van der Waals surface area contributed by atoms with Gasteiger partial charge in [0.25, 0.3) is 0 Å². The molecule has 0 amide bonds. The van der Waals surface area contributed by atoms with E-state index in [1.165, 1.54) is 70.6 Å². The quantitative estimate of drug-likeness (QED) is 0.0316. The highest BCUT2D eigenvalue weighted by Crippen LogP contribution is 2.22. The molecule has 0 bridgehead atoms. The average molecular weight is 713 g/mol. The lowest BCUT2D eigenvalue weighted by atomic mass is 9.99. The van der Waals surface area contributed by atoms with Gasteiger partial charge in [0.05, 0.1) is 13.2 Å². The zero-order valence-electron chi connectivity index (χ0n) is 31.4. The van der Waals surface area contributed by atoms with Gasteiger partial charge in [-0.15, -0.1) is 0 Å². The average Bonchev–Trinajstić information content (AvgIpc) is 3.11. The molecule has 0 saturated carbocycles. The van der Waals surface area contributed by atoms with Crippen molar-refractivity contribution >= 4 is 11.9 Å².